The lowest BCUT2D eigenvalue weighted by Crippen LogP contribution is -2.49. The van der Waals surface area contributed by atoms with E-state index in [2.05, 4.69) is 27.7 Å². The highest BCUT2D eigenvalue weighted by atomic mass is 19.1. The van der Waals surface area contributed by atoms with Crippen molar-refractivity contribution in [3.8, 4) is 5.75 Å². The average Bonchev–Trinajstić information content (AvgIpc) is 2.94. The van der Waals surface area contributed by atoms with Gasteiger partial charge in [0.1, 0.15) is 30.0 Å². The summed E-state index contributed by atoms with van der Waals surface area (Å²) in [5.41, 5.74) is 2.35. The number of nitrogens with zero attached hydrogens (tertiary/aromatic N) is 3. The fourth-order valence-corrected chi connectivity index (χ4v) is 4.63. The Bertz CT molecular complexity index is 1050. The number of carboxylic acids is 1. The van der Waals surface area contributed by atoms with Crippen LogP contribution in [0.3, 0.4) is 0 Å². The number of carbonyl (C=O) groups excluding carboxylic acids is 1. The van der Waals surface area contributed by atoms with Gasteiger partial charge in [0.2, 0.25) is 0 Å². The van der Waals surface area contributed by atoms with Gasteiger partial charge in [0.05, 0.1) is 0 Å². The maximum absolute atomic E-state index is 13.2. The highest BCUT2D eigenvalue weighted by Gasteiger charge is 2.23. The smallest absolute Gasteiger partial charge is 0.326 e. The number of rotatable bonds is 16. The number of pyridine rings is 1. The number of halogens is 1. The van der Waals surface area contributed by atoms with E-state index in [1.807, 2.05) is 13.8 Å². The number of hydrogen-bond acceptors (Lipinski definition) is 6. The van der Waals surface area contributed by atoms with Gasteiger partial charge in [-0.05, 0) is 94.8 Å². The van der Waals surface area contributed by atoms with Gasteiger partial charge in [-0.25, -0.2) is 19.0 Å². The minimum absolute atomic E-state index is 0.275. The molecule has 1 aliphatic heterocycles. The molecular weight excluding hydrogens is 501 g/mol. The first-order chi connectivity index (χ1) is 18.9. The van der Waals surface area contributed by atoms with Gasteiger partial charge >= 0.3 is 12.0 Å². The van der Waals surface area contributed by atoms with Crippen molar-refractivity contribution < 1.29 is 23.8 Å². The zero-order chi connectivity index (χ0) is 28.0. The topological polar surface area (TPSA) is 107 Å². The van der Waals surface area contributed by atoms with Crippen molar-refractivity contribution in [1.29, 1.82) is 0 Å². The molecule has 1 aliphatic rings. The molecule has 3 rings (SSSR count). The summed E-state index contributed by atoms with van der Waals surface area (Å²) in [6.45, 7) is 7.91. The standard InChI is InChI=1S/C29H42FN5O4/c1-3-35(4-2)29(38)33-26(28(36)37)16-19-34(20-21-39-25-14-11-23(30)12-15-25)18-6-5-9-24-13-10-22-8-7-17-31-27(22)32-24/h10-15,26H,3-9,16-21H2,1-2H3,(H,31,32)(H,33,38)(H,36,37). The lowest BCUT2D eigenvalue weighted by atomic mass is 10.1. The molecule has 0 fully saturated rings. The van der Waals surface area contributed by atoms with E-state index in [0.717, 1.165) is 56.7 Å². The molecule has 3 N–H and O–H groups in total. The van der Waals surface area contributed by atoms with Crippen molar-refractivity contribution in [3.05, 3.63) is 53.5 Å². The number of ether oxygens (including phenoxy) is 1. The SMILES string of the molecule is CCN(CC)C(=O)NC(CCN(CCCCc1ccc2c(n1)NCCC2)CCOc1ccc(F)cc1)C(=O)O. The van der Waals surface area contributed by atoms with Gasteiger partial charge in [-0.3, -0.25) is 4.90 Å². The number of aryl methyl sites for hydroxylation is 2. The van der Waals surface area contributed by atoms with Crippen LogP contribution in [-0.4, -0.2) is 83.8 Å². The van der Waals surface area contributed by atoms with E-state index in [1.165, 1.54) is 17.7 Å². The fraction of sp³-hybridized carbons (Fsp3) is 0.552. The van der Waals surface area contributed by atoms with Crippen molar-refractivity contribution in [2.75, 3.05) is 51.2 Å². The number of amides is 2. The maximum Gasteiger partial charge on any atom is 0.326 e. The monoisotopic (exact) mass is 543 g/mol. The van der Waals surface area contributed by atoms with Crippen LogP contribution < -0.4 is 15.4 Å². The van der Waals surface area contributed by atoms with Gasteiger partial charge in [0, 0.05) is 38.4 Å². The third-order valence-corrected chi connectivity index (χ3v) is 6.98. The van der Waals surface area contributed by atoms with Crippen molar-refractivity contribution in [2.45, 2.75) is 58.4 Å². The Morgan fingerprint density at radius 1 is 1.10 bits per heavy atom. The van der Waals surface area contributed by atoms with E-state index >= 15 is 0 Å². The quantitative estimate of drug-likeness (QED) is 0.273. The summed E-state index contributed by atoms with van der Waals surface area (Å²) in [6, 6.07) is 8.81. The molecule has 0 aliphatic carbocycles. The number of nitrogens with one attached hydrogen (secondary N) is 2. The summed E-state index contributed by atoms with van der Waals surface area (Å²) in [4.78, 5) is 32.8. The summed E-state index contributed by atoms with van der Waals surface area (Å²) in [5, 5.41) is 15.7. The van der Waals surface area contributed by atoms with Gasteiger partial charge in [0.15, 0.2) is 0 Å². The third-order valence-electron chi connectivity index (χ3n) is 6.98. The number of aliphatic carboxylic acids is 1. The summed E-state index contributed by atoms with van der Waals surface area (Å²) < 4.78 is 19.0. The second-order valence-corrected chi connectivity index (χ2v) is 9.74. The number of carboxylic acid groups (broad SMARTS) is 1. The molecule has 0 spiro atoms. The Morgan fingerprint density at radius 2 is 1.87 bits per heavy atom. The van der Waals surface area contributed by atoms with Crippen LogP contribution in [0.25, 0.3) is 0 Å². The first kappa shape index (κ1) is 30.1. The van der Waals surface area contributed by atoms with E-state index in [-0.39, 0.29) is 18.3 Å². The molecule has 2 amide bonds. The number of benzene rings is 1. The Hall–Kier alpha value is -3.40. The first-order valence-corrected chi connectivity index (χ1v) is 14.0. The molecule has 9 nitrogen and oxygen atoms in total. The zero-order valence-corrected chi connectivity index (χ0v) is 23.1. The van der Waals surface area contributed by atoms with Crippen LogP contribution in [0.5, 0.6) is 5.75 Å². The molecule has 0 saturated carbocycles. The lowest BCUT2D eigenvalue weighted by Gasteiger charge is -2.26. The van der Waals surface area contributed by atoms with Crippen LogP contribution in [0.2, 0.25) is 0 Å². The molecule has 1 atom stereocenters. The van der Waals surface area contributed by atoms with Crippen molar-refractivity contribution in [3.63, 3.8) is 0 Å². The second kappa shape index (κ2) is 15.9. The van der Waals surface area contributed by atoms with E-state index in [4.69, 9.17) is 9.72 Å². The summed E-state index contributed by atoms with van der Waals surface area (Å²) in [6.07, 6.45) is 5.20. The predicted molar refractivity (Wildman–Crippen MR) is 150 cm³/mol. The highest BCUT2D eigenvalue weighted by molar-refractivity contribution is 5.82. The Morgan fingerprint density at radius 3 is 2.59 bits per heavy atom. The molecule has 1 unspecified atom stereocenters. The molecule has 1 aromatic carbocycles. The largest absolute Gasteiger partial charge is 0.492 e. The highest BCUT2D eigenvalue weighted by Crippen LogP contribution is 2.20. The first-order valence-electron chi connectivity index (χ1n) is 14.0. The predicted octanol–water partition coefficient (Wildman–Crippen LogP) is 4.18. The maximum atomic E-state index is 13.2. The number of unbranched alkanes of at least 4 members (excludes halogenated alkanes) is 1. The molecule has 2 aromatic rings. The minimum Gasteiger partial charge on any atom is -0.492 e. The average molecular weight is 544 g/mol. The van der Waals surface area contributed by atoms with Crippen molar-refractivity contribution >= 4 is 17.8 Å². The Kier molecular flexibility index (Phi) is 12.3. The fourth-order valence-electron chi connectivity index (χ4n) is 4.63. The van der Waals surface area contributed by atoms with E-state index in [9.17, 15) is 19.1 Å². The van der Waals surface area contributed by atoms with E-state index in [0.29, 0.717) is 38.5 Å². The summed E-state index contributed by atoms with van der Waals surface area (Å²) in [5.74, 6) is 0.216. The lowest BCUT2D eigenvalue weighted by molar-refractivity contribution is -0.139. The third kappa shape index (κ3) is 10.0. The van der Waals surface area contributed by atoms with Crippen molar-refractivity contribution in [1.82, 2.24) is 20.1 Å². The minimum atomic E-state index is -1.05. The van der Waals surface area contributed by atoms with Gasteiger partial charge in [-0.1, -0.05) is 6.07 Å². The van der Waals surface area contributed by atoms with Crippen molar-refractivity contribution in [2.24, 2.45) is 0 Å². The molecule has 214 valence electrons. The van der Waals surface area contributed by atoms with Crippen LogP contribution in [0, 0.1) is 5.82 Å². The van der Waals surface area contributed by atoms with Gasteiger partial charge < -0.3 is 25.4 Å². The van der Waals surface area contributed by atoms with Crippen LogP contribution >= 0.6 is 0 Å². The molecule has 2 heterocycles. The molecule has 0 bridgehead atoms. The molecule has 0 radical (unpaired) electrons. The zero-order valence-electron chi connectivity index (χ0n) is 23.1. The summed E-state index contributed by atoms with van der Waals surface area (Å²) in [7, 11) is 0. The van der Waals surface area contributed by atoms with Gasteiger partial charge in [-0.15, -0.1) is 0 Å². The molecule has 39 heavy (non-hydrogen) atoms. The van der Waals surface area contributed by atoms with Crippen LogP contribution in [0.15, 0.2) is 36.4 Å². The van der Waals surface area contributed by atoms with E-state index in [1.54, 1.807) is 17.0 Å². The van der Waals surface area contributed by atoms with Crippen LogP contribution in [0.4, 0.5) is 15.0 Å². The summed E-state index contributed by atoms with van der Waals surface area (Å²) >= 11 is 0. The molecule has 10 heteroatoms. The number of carbonyl (C=O) groups is 2. The van der Waals surface area contributed by atoms with Gasteiger partial charge in [-0.2, -0.15) is 0 Å². The van der Waals surface area contributed by atoms with Crippen LogP contribution in [-0.2, 0) is 17.6 Å². The number of urea groups is 1. The number of hydrogen-bond donors (Lipinski definition) is 3. The number of aromatic nitrogens is 1. The normalized spacial score (nSPS) is 13.3. The van der Waals surface area contributed by atoms with Crippen LogP contribution in [0.1, 0.15) is 50.8 Å². The number of anilines is 1. The van der Waals surface area contributed by atoms with Gasteiger partial charge in [0.25, 0.3) is 0 Å². The van der Waals surface area contributed by atoms with E-state index < -0.39 is 12.0 Å². The Labute approximate surface area is 230 Å². The molecular formula is C29H42FN5O4. The second-order valence-electron chi connectivity index (χ2n) is 9.74. The Balaban J connectivity index is 1.53. The number of fused-ring (bicyclic) bond motifs is 1. The molecule has 1 aromatic heterocycles. The molecule has 0 saturated heterocycles.